The predicted octanol–water partition coefficient (Wildman–Crippen LogP) is 17.3. The van der Waals surface area contributed by atoms with Crippen LogP contribution in [0.15, 0.2) is 231 Å². The number of anilines is 3. The summed E-state index contributed by atoms with van der Waals surface area (Å²) >= 11 is 0. The third-order valence-corrected chi connectivity index (χ3v) is 15.1. The molecule has 2 unspecified atom stereocenters. The van der Waals surface area contributed by atoms with Crippen molar-refractivity contribution < 1.29 is 0 Å². The van der Waals surface area contributed by atoms with E-state index in [9.17, 15) is 0 Å². The Hall–Kier alpha value is -8.00. The van der Waals surface area contributed by atoms with Crippen LogP contribution in [0.25, 0.3) is 54.6 Å². The zero-order valence-electron chi connectivity index (χ0n) is 37.9. The van der Waals surface area contributed by atoms with Crippen LogP contribution in [0.1, 0.15) is 62.4 Å². The fourth-order valence-corrected chi connectivity index (χ4v) is 11.9. The summed E-state index contributed by atoms with van der Waals surface area (Å²) in [5.41, 5.74) is 20.2. The van der Waals surface area contributed by atoms with E-state index in [-0.39, 0.29) is 5.92 Å². The largest absolute Gasteiger partial charge is 0.310 e. The second kappa shape index (κ2) is 15.6. The molecule has 0 saturated heterocycles. The molecule has 2 aliphatic carbocycles. The Kier molecular flexibility index (Phi) is 9.15. The summed E-state index contributed by atoms with van der Waals surface area (Å²) in [5.74, 6) is 0.289. The van der Waals surface area contributed by atoms with Gasteiger partial charge in [0, 0.05) is 23.0 Å². The summed E-state index contributed by atoms with van der Waals surface area (Å²) in [6.07, 6.45) is 1.96. The zero-order valence-corrected chi connectivity index (χ0v) is 37.9. The predicted molar refractivity (Wildman–Crippen MR) is 282 cm³/mol. The van der Waals surface area contributed by atoms with Gasteiger partial charge in [-0.1, -0.05) is 193 Å². The number of hydrogen-bond acceptors (Lipinski definition) is 1. The highest BCUT2D eigenvalue weighted by molar-refractivity contribution is 6.26. The van der Waals surface area contributed by atoms with Crippen LogP contribution < -0.4 is 4.90 Å². The zero-order chi connectivity index (χ0) is 44.6. The molecule has 11 aromatic carbocycles. The number of benzene rings is 11. The molecule has 0 saturated carbocycles. The molecule has 318 valence electrons. The SMILES string of the molecule is Cc1ccc(C(CCc2ccc3c(c2)C2(c4ccccc4-c4cc5c6ccccc6c6ccccc6c5cc42)c2cc(N(c4ccccc4)c4ccc(C)cc4)ccc2-3)c2ccccc2)cc1. The van der Waals surface area contributed by atoms with Gasteiger partial charge in [-0.15, -0.1) is 0 Å². The Morgan fingerprint density at radius 3 is 1.51 bits per heavy atom. The van der Waals surface area contributed by atoms with Gasteiger partial charge in [0.1, 0.15) is 0 Å². The van der Waals surface area contributed by atoms with E-state index in [4.69, 9.17) is 0 Å². The van der Waals surface area contributed by atoms with Gasteiger partial charge in [-0.2, -0.15) is 0 Å². The van der Waals surface area contributed by atoms with E-state index in [2.05, 4.69) is 249 Å². The van der Waals surface area contributed by atoms with Crippen molar-refractivity contribution >= 4 is 49.4 Å². The van der Waals surface area contributed by atoms with Crippen molar-refractivity contribution in [3.05, 3.63) is 281 Å². The maximum absolute atomic E-state index is 2.59. The van der Waals surface area contributed by atoms with Crippen LogP contribution in [-0.2, 0) is 11.8 Å². The number of rotatable bonds is 8. The molecule has 1 spiro atoms. The van der Waals surface area contributed by atoms with Crippen LogP contribution in [0.5, 0.6) is 0 Å². The molecule has 0 amide bonds. The molecule has 0 fully saturated rings. The van der Waals surface area contributed by atoms with Gasteiger partial charge in [-0.3, -0.25) is 0 Å². The quantitative estimate of drug-likeness (QED) is 0.138. The normalized spacial score (nSPS) is 14.8. The number of aryl methyl sites for hydroxylation is 3. The molecule has 0 radical (unpaired) electrons. The molecule has 0 aromatic heterocycles. The maximum atomic E-state index is 2.59. The molecule has 0 bridgehead atoms. The highest BCUT2D eigenvalue weighted by atomic mass is 15.1. The molecule has 67 heavy (non-hydrogen) atoms. The molecule has 2 atom stereocenters. The summed E-state index contributed by atoms with van der Waals surface area (Å²) < 4.78 is 0. The number of nitrogens with zero attached hydrogens (tertiary/aromatic N) is 1. The average Bonchev–Trinajstić information content (AvgIpc) is 3.84. The van der Waals surface area contributed by atoms with Crippen molar-refractivity contribution in [3.63, 3.8) is 0 Å². The molecule has 1 heteroatoms. The summed E-state index contributed by atoms with van der Waals surface area (Å²) in [6.45, 7) is 4.34. The Balaban J connectivity index is 1.07. The minimum Gasteiger partial charge on any atom is -0.310 e. The number of fused-ring (bicyclic) bond motifs is 16. The highest BCUT2D eigenvalue weighted by Gasteiger charge is 2.52. The topological polar surface area (TPSA) is 3.24 Å². The Bertz CT molecular complexity index is 3700. The minimum atomic E-state index is -0.561. The third-order valence-electron chi connectivity index (χ3n) is 15.1. The van der Waals surface area contributed by atoms with Crippen LogP contribution in [0.2, 0.25) is 0 Å². The Labute approximate surface area is 393 Å². The lowest BCUT2D eigenvalue weighted by atomic mass is 9.69. The van der Waals surface area contributed by atoms with Crippen LogP contribution in [-0.4, -0.2) is 0 Å². The van der Waals surface area contributed by atoms with E-state index in [1.54, 1.807) is 0 Å². The van der Waals surface area contributed by atoms with Crippen molar-refractivity contribution in [1.82, 2.24) is 0 Å². The smallest absolute Gasteiger partial charge is 0.0726 e. The van der Waals surface area contributed by atoms with Gasteiger partial charge >= 0.3 is 0 Å². The summed E-state index contributed by atoms with van der Waals surface area (Å²) in [5, 5.41) is 7.80. The van der Waals surface area contributed by atoms with Gasteiger partial charge in [0.25, 0.3) is 0 Å². The van der Waals surface area contributed by atoms with E-state index in [1.165, 1.54) is 105 Å². The lowest BCUT2D eigenvalue weighted by Crippen LogP contribution is -2.26. The Morgan fingerprint density at radius 2 is 0.821 bits per heavy atom. The maximum Gasteiger partial charge on any atom is 0.0726 e. The summed E-state index contributed by atoms with van der Waals surface area (Å²) in [6, 6.07) is 87.2. The van der Waals surface area contributed by atoms with Crippen molar-refractivity contribution in [2.45, 2.75) is 38.0 Å². The van der Waals surface area contributed by atoms with Gasteiger partial charge in [0.2, 0.25) is 0 Å². The molecule has 11 aromatic rings. The van der Waals surface area contributed by atoms with Crippen LogP contribution >= 0.6 is 0 Å². The Morgan fingerprint density at radius 1 is 0.343 bits per heavy atom. The highest BCUT2D eigenvalue weighted by Crippen LogP contribution is 2.64. The van der Waals surface area contributed by atoms with Crippen molar-refractivity contribution in [2.24, 2.45) is 0 Å². The molecular formula is C66H49N. The lowest BCUT2D eigenvalue weighted by Gasteiger charge is -2.32. The molecule has 0 N–H and O–H groups in total. The van der Waals surface area contributed by atoms with E-state index < -0.39 is 5.41 Å². The van der Waals surface area contributed by atoms with E-state index in [0.29, 0.717) is 0 Å². The standard InChI is InChI=1S/C66H49N/c1-43-25-31-47(32-26-43)51(46-15-5-3-6-16-46)36-29-45-30-37-57-58-38-35-50(67(48-17-7-4-8-18-48)49-33-27-44(2)28-34-49)40-64(58)66(63(57)39-45)62-24-14-13-23-56(62)61-41-59-54-21-11-9-19-52(54)53-20-10-12-22-55(53)60(59)42-65(61)66/h3-28,30-35,37-42,51H,29,36H2,1-2H3. The van der Waals surface area contributed by atoms with Gasteiger partial charge in [-0.25, -0.2) is 0 Å². The number of para-hydroxylation sites is 1. The third kappa shape index (κ3) is 6.15. The van der Waals surface area contributed by atoms with Crippen molar-refractivity contribution in [1.29, 1.82) is 0 Å². The van der Waals surface area contributed by atoms with E-state index in [0.717, 1.165) is 29.9 Å². The fraction of sp³-hybridized carbons (Fsp3) is 0.0909. The molecule has 0 heterocycles. The van der Waals surface area contributed by atoms with Crippen LogP contribution in [0.3, 0.4) is 0 Å². The van der Waals surface area contributed by atoms with Crippen molar-refractivity contribution in [3.8, 4) is 22.3 Å². The molecule has 2 aliphatic rings. The van der Waals surface area contributed by atoms with Gasteiger partial charge in [0.05, 0.1) is 5.41 Å². The first kappa shape index (κ1) is 39.4. The first-order valence-electron chi connectivity index (χ1n) is 23.8. The summed E-state index contributed by atoms with van der Waals surface area (Å²) in [7, 11) is 0. The second-order valence-electron chi connectivity index (χ2n) is 18.9. The fourth-order valence-electron chi connectivity index (χ4n) is 11.9. The monoisotopic (exact) mass is 855 g/mol. The van der Waals surface area contributed by atoms with Crippen LogP contribution in [0.4, 0.5) is 17.1 Å². The van der Waals surface area contributed by atoms with E-state index in [1.807, 2.05) is 0 Å². The summed E-state index contributed by atoms with van der Waals surface area (Å²) in [4.78, 5) is 2.43. The average molecular weight is 856 g/mol. The second-order valence-corrected chi connectivity index (χ2v) is 18.9. The van der Waals surface area contributed by atoms with E-state index >= 15 is 0 Å². The first-order valence-corrected chi connectivity index (χ1v) is 23.8. The van der Waals surface area contributed by atoms with Crippen LogP contribution in [0, 0.1) is 13.8 Å². The van der Waals surface area contributed by atoms with Gasteiger partial charge in [-0.05, 0) is 169 Å². The minimum absolute atomic E-state index is 0.289. The van der Waals surface area contributed by atoms with Gasteiger partial charge < -0.3 is 4.90 Å². The van der Waals surface area contributed by atoms with Gasteiger partial charge in [0.15, 0.2) is 0 Å². The number of hydrogen-bond donors (Lipinski definition) is 0. The van der Waals surface area contributed by atoms with Crippen molar-refractivity contribution in [2.75, 3.05) is 4.90 Å². The molecule has 1 nitrogen and oxygen atoms in total. The lowest BCUT2D eigenvalue weighted by molar-refractivity contribution is 0.712. The molecule has 0 aliphatic heterocycles. The molecular weight excluding hydrogens is 807 g/mol. The first-order chi connectivity index (χ1) is 33.0. The molecule has 13 rings (SSSR count).